The predicted molar refractivity (Wildman–Crippen MR) is 125 cm³/mol. The van der Waals surface area contributed by atoms with Crippen LogP contribution < -0.4 is 4.90 Å². The van der Waals surface area contributed by atoms with Gasteiger partial charge in [-0.05, 0) is 36.2 Å². The smallest absolute Gasteiger partial charge is 0.296 e. The van der Waals surface area contributed by atoms with E-state index in [1.807, 2.05) is 24.7 Å². The Kier molecular flexibility index (Phi) is 5.82. The molecule has 172 valence electrons. The topological polar surface area (TPSA) is 77.3 Å². The third-order valence-corrected chi connectivity index (χ3v) is 6.66. The van der Waals surface area contributed by atoms with Gasteiger partial charge in [0.2, 0.25) is 5.91 Å². The Hall–Kier alpha value is -3.30. The zero-order chi connectivity index (χ0) is 22.9. The van der Waals surface area contributed by atoms with Gasteiger partial charge in [-0.2, -0.15) is 5.10 Å². The SMILES string of the molecule is CC1CN(Cc2ccn3ncc(N4CCC(=O)N(C)C4=O)c3c2)CCN1Cc1cccnc1. The molecule has 0 saturated carbocycles. The minimum absolute atomic E-state index is 0.148. The molecule has 9 heteroatoms. The van der Waals surface area contributed by atoms with E-state index in [1.165, 1.54) is 23.1 Å². The first kappa shape index (κ1) is 21.5. The van der Waals surface area contributed by atoms with Crippen LogP contribution in [0.25, 0.3) is 5.52 Å². The van der Waals surface area contributed by atoms with Gasteiger partial charge >= 0.3 is 6.03 Å². The van der Waals surface area contributed by atoms with E-state index >= 15 is 0 Å². The number of hydrogen-bond donors (Lipinski definition) is 0. The Labute approximate surface area is 193 Å². The second-order valence-electron chi connectivity index (χ2n) is 8.95. The van der Waals surface area contributed by atoms with Crippen LogP contribution >= 0.6 is 0 Å². The van der Waals surface area contributed by atoms with Gasteiger partial charge in [-0.1, -0.05) is 6.07 Å². The number of fused-ring (bicyclic) bond motifs is 1. The molecular weight excluding hydrogens is 418 g/mol. The average Bonchev–Trinajstić information content (AvgIpc) is 3.23. The van der Waals surface area contributed by atoms with Crippen molar-refractivity contribution in [3.63, 3.8) is 0 Å². The number of amides is 3. The molecule has 0 spiro atoms. The lowest BCUT2D eigenvalue weighted by atomic mass is 10.1. The standard InChI is InChI=1S/C24H29N7O2/c1-18-15-28(10-11-29(18)17-20-4-3-7-25-13-20)16-19-5-9-31-21(12-19)22(14-26-31)30-8-6-23(32)27(2)24(30)33/h3-5,7,9,12-14,18H,6,8,10-11,15-17H2,1-2H3. The third kappa shape index (κ3) is 4.34. The lowest BCUT2D eigenvalue weighted by Gasteiger charge is -2.40. The largest absolute Gasteiger partial charge is 0.331 e. The second-order valence-corrected chi connectivity index (χ2v) is 8.95. The summed E-state index contributed by atoms with van der Waals surface area (Å²) < 4.78 is 1.79. The van der Waals surface area contributed by atoms with Gasteiger partial charge in [0.15, 0.2) is 0 Å². The Morgan fingerprint density at radius 1 is 1.06 bits per heavy atom. The number of anilines is 1. The van der Waals surface area contributed by atoms with Crippen LogP contribution in [-0.4, -0.2) is 80.5 Å². The summed E-state index contributed by atoms with van der Waals surface area (Å²) in [5, 5.41) is 4.42. The Morgan fingerprint density at radius 3 is 2.73 bits per heavy atom. The summed E-state index contributed by atoms with van der Waals surface area (Å²) >= 11 is 0. The van der Waals surface area contributed by atoms with Gasteiger partial charge in [0, 0.05) is 77.4 Å². The van der Waals surface area contributed by atoms with Gasteiger partial charge in [-0.3, -0.25) is 29.4 Å². The van der Waals surface area contributed by atoms with Gasteiger partial charge < -0.3 is 0 Å². The molecule has 1 atom stereocenters. The predicted octanol–water partition coefficient (Wildman–Crippen LogP) is 2.22. The zero-order valence-electron chi connectivity index (χ0n) is 19.1. The molecule has 5 heterocycles. The Balaban J connectivity index is 1.28. The highest BCUT2D eigenvalue weighted by molar-refractivity contribution is 6.07. The molecule has 5 rings (SSSR count). The van der Waals surface area contributed by atoms with E-state index in [0.717, 1.165) is 43.9 Å². The van der Waals surface area contributed by atoms with Crippen LogP contribution in [-0.2, 0) is 17.9 Å². The summed E-state index contributed by atoms with van der Waals surface area (Å²) in [4.78, 5) is 36.6. The molecule has 0 radical (unpaired) electrons. The number of aromatic nitrogens is 3. The molecule has 2 aliphatic rings. The number of pyridine rings is 2. The highest BCUT2D eigenvalue weighted by Gasteiger charge is 2.31. The fraction of sp³-hybridized carbons (Fsp3) is 0.417. The highest BCUT2D eigenvalue weighted by Crippen LogP contribution is 2.26. The molecule has 2 saturated heterocycles. The van der Waals surface area contributed by atoms with Crippen molar-refractivity contribution in [2.24, 2.45) is 0 Å². The van der Waals surface area contributed by atoms with Crippen LogP contribution in [0.2, 0.25) is 0 Å². The summed E-state index contributed by atoms with van der Waals surface area (Å²) in [6, 6.07) is 8.47. The molecule has 3 amide bonds. The van der Waals surface area contributed by atoms with Crippen molar-refractivity contribution in [1.82, 2.24) is 29.3 Å². The van der Waals surface area contributed by atoms with Crippen molar-refractivity contribution in [3.8, 4) is 0 Å². The Bertz CT molecular complexity index is 1160. The van der Waals surface area contributed by atoms with E-state index in [4.69, 9.17) is 0 Å². The van der Waals surface area contributed by atoms with E-state index in [2.05, 4.69) is 45.0 Å². The van der Waals surface area contributed by atoms with E-state index in [1.54, 1.807) is 15.6 Å². The molecular formula is C24H29N7O2. The normalized spacial score (nSPS) is 20.7. The molecule has 2 fully saturated rings. The molecule has 0 aromatic carbocycles. The van der Waals surface area contributed by atoms with Crippen molar-refractivity contribution in [3.05, 3.63) is 60.2 Å². The number of rotatable bonds is 5. The summed E-state index contributed by atoms with van der Waals surface area (Å²) in [5.74, 6) is -0.148. The molecule has 1 unspecified atom stereocenters. The maximum absolute atomic E-state index is 12.7. The molecule has 0 bridgehead atoms. The van der Waals surface area contributed by atoms with Crippen LogP contribution in [0.3, 0.4) is 0 Å². The lowest BCUT2D eigenvalue weighted by Crippen LogP contribution is -2.50. The van der Waals surface area contributed by atoms with Crippen LogP contribution in [0.1, 0.15) is 24.5 Å². The minimum atomic E-state index is -0.301. The van der Waals surface area contributed by atoms with Crippen molar-refractivity contribution >= 4 is 23.1 Å². The van der Waals surface area contributed by atoms with E-state index in [-0.39, 0.29) is 11.9 Å². The molecule has 33 heavy (non-hydrogen) atoms. The first-order chi connectivity index (χ1) is 16.0. The molecule has 3 aromatic heterocycles. The fourth-order valence-electron chi connectivity index (χ4n) is 4.73. The van der Waals surface area contributed by atoms with Gasteiger partial charge in [0.05, 0.1) is 17.4 Å². The van der Waals surface area contributed by atoms with Crippen LogP contribution in [0.15, 0.2) is 49.1 Å². The van der Waals surface area contributed by atoms with Gasteiger partial charge in [0.1, 0.15) is 0 Å². The summed E-state index contributed by atoms with van der Waals surface area (Å²) in [7, 11) is 1.53. The van der Waals surface area contributed by atoms with Crippen LogP contribution in [0.4, 0.5) is 10.5 Å². The maximum atomic E-state index is 12.7. The molecule has 9 nitrogen and oxygen atoms in total. The third-order valence-electron chi connectivity index (χ3n) is 6.66. The van der Waals surface area contributed by atoms with Gasteiger partial charge in [-0.25, -0.2) is 9.31 Å². The summed E-state index contributed by atoms with van der Waals surface area (Å²) in [5.41, 5.74) is 4.06. The molecule has 0 N–H and O–H groups in total. The van der Waals surface area contributed by atoms with Crippen molar-refractivity contribution in [2.45, 2.75) is 32.5 Å². The molecule has 3 aromatic rings. The maximum Gasteiger partial charge on any atom is 0.331 e. The first-order valence-electron chi connectivity index (χ1n) is 11.4. The second kappa shape index (κ2) is 8.92. The van der Waals surface area contributed by atoms with Crippen LogP contribution in [0.5, 0.6) is 0 Å². The first-order valence-corrected chi connectivity index (χ1v) is 11.4. The lowest BCUT2D eigenvalue weighted by molar-refractivity contribution is -0.127. The number of carbonyl (C=O) groups is 2. The van der Waals surface area contributed by atoms with E-state index in [9.17, 15) is 9.59 Å². The summed E-state index contributed by atoms with van der Waals surface area (Å²) in [6.07, 6.45) is 7.73. The van der Waals surface area contributed by atoms with Crippen molar-refractivity contribution in [1.29, 1.82) is 0 Å². The highest BCUT2D eigenvalue weighted by atomic mass is 16.2. The quantitative estimate of drug-likeness (QED) is 0.597. The monoisotopic (exact) mass is 447 g/mol. The minimum Gasteiger partial charge on any atom is -0.296 e. The van der Waals surface area contributed by atoms with Crippen molar-refractivity contribution in [2.75, 3.05) is 38.1 Å². The molecule has 0 aliphatic carbocycles. The molecule has 2 aliphatic heterocycles. The number of imide groups is 1. The van der Waals surface area contributed by atoms with Crippen molar-refractivity contribution < 1.29 is 9.59 Å². The Morgan fingerprint density at radius 2 is 1.94 bits per heavy atom. The number of hydrogen-bond acceptors (Lipinski definition) is 6. The van der Waals surface area contributed by atoms with Gasteiger partial charge in [0.25, 0.3) is 0 Å². The van der Waals surface area contributed by atoms with E-state index < -0.39 is 0 Å². The van der Waals surface area contributed by atoms with Gasteiger partial charge in [-0.15, -0.1) is 0 Å². The van der Waals surface area contributed by atoms with E-state index in [0.29, 0.717) is 19.0 Å². The summed E-state index contributed by atoms with van der Waals surface area (Å²) in [6.45, 7) is 7.44. The number of nitrogens with zero attached hydrogens (tertiary/aromatic N) is 7. The number of carbonyl (C=O) groups excluding carboxylic acids is 2. The fourth-order valence-corrected chi connectivity index (χ4v) is 4.73. The number of urea groups is 1. The van der Waals surface area contributed by atoms with Crippen LogP contribution in [0, 0.1) is 0 Å². The average molecular weight is 448 g/mol. The number of piperazine rings is 1. The zero-order valence-corrected chi connectivity index (χ0v) is 19.1.